The number of aryl methyl sites for hydroxylation is 2. The topological polar surface area (TPSA) is 29.3 Å². The predicted molar refractivity (Wildman–Crippen MR) is 90.8 cm³/mol. The van der Waals surface area contributed by atoms with Gasteiger partial charge >= 0.3 is 0 Å². The summed E-state index contributed by atoms with van der Waals surface area (Å²) in [6, 6.07) is 9.08. The van der Waals surface area contributed by atoms with Crippen LogP contribution in [0, 0.1) is 13.8 Å². The van der Waals surface area contributed by atoms with E-state index in [1.165, 1.54) is 35.2 Å². The van der Waals surface area contributed by atoms with Crippen molar-refractivity contribution in [2.75, 3.05) is 13.1 Å². The quantitative estimate of drug-likeness (QED) is 0.930. The Bertz CT molecular complexity index is 597. The zero-order valence-electron chi connectivity index (χ0n) is 12.9. The molecule has 1 unspecified atom stereocenters. The van der Waals surface area contributed by atoms with Crippen molar-refractivity contribution in [2.24, 2.45) is 5.73 Å². The average Bonchev–Trinajstić information content (AvgIpc) is 2.91. The molecule has 1 aromatic carbocycles. The molecule has 112 valence electrons. The zero-order valence-corrected chi connectivity index (χ0v) is 13.7. The second kappa shape index (κ2) is 6.30. The summed E-state index contributed by atoms with van der Waals surface area (Å²) in [6.07, 6.45) is 2.23. The number of fused-ring (bicyclic) bond motifs is 1. The Hall–Kier alpha value is -1.16. The van der Waals surface area contributed by atoms with E-state index in [2.05, 4.69) is 48.4 Å². The molecule has 1 aliphatic rings. The maximum absolute atomic E-state index is 6.40. The van der Waals surface area contributed by atoms with Crippen LogP contribution in [0.15, 0.2) is 29.6 Å². The molecule has 0 spiro atoms. The van der Waals surface area contributed by atoms with E-state index in [4.69, 9.17) is 5.73 Å². The van der Waals surface area contributed by atoms with E-state index >= 15 is 0 Å². The van der Waals surface area contributed by atoms with Gasteiger partial charge in [-0.05, 0) is 49.3 Å². The lowest BCUT2D eigenvalue weighted by Crippen LogP contribution is -2.32. The number of hydrogen-bond donors (Lipinski definition) is 1. The van der Waals surface area contributed by atoms with Crippen LogP contribution < -0.4 is 5.73 Å². The van der Waals surface area contributed by atoms with Crippen molar-refractivity contribution < 1.29 is 0 Å². The largest absolute Gasteiger partial charge is 0.324 e. The van der Waals surface area contributed by atoms with Gasteiger partial charge in [0.15, 0.2) is 0 Å². The lowest BCUT2D eigenvalue weighted by atomic mass is 9.99. The Labute approximate surface area is 131 Å². The zero-order chi connectivity index (χ0) is 14.8. The van der Waals surface area contributed by atoms with Gasteiger partial charge in [-0.1, -0.05) is 29.3 Å². The van der Waals surface area contributed by atoms with E-state index in [9.17, 15) is 0 Å². The average molecular weight is 300 g/mol. The fraction of sp³-hybridized carbons (Fsp3) is 0.444. The van der Waals surface area contributed by atoms with Crippen LogP contribution in [0.1, 0.15) is 39.6 Å². The van der Waals surface area contributed by atoms with Crippen LogP contribution in [0.4, 0.5) is 0 Å². The molecule has 1 aliphatic heterocycles. The second-order valence-electron chi connectivity index (χ2n) is 6.21. The van der Waals surface area contributed by atoms with Crippen molar-refractivity contribution in [3.05, 3.63) is 56.8 Å². The first-order chi connectivity index (χ1) is 10.1. The highest BCUT2D eigenvalue weighted by molar-refractivity contribution is 7.10. The summed E-state index contributed by atoms with van der Waals surface area (Å²) >= 11 is 1.90. The van der Waals surface area contributed by atoms with Crippen molar-refractivity contribution in [1.29, 1.82) is 0 Å². The van der Waals surface area contributed by atoms with E-state index in [1.807, 2.05) is 11.3 Å². The van der Waals surface area contributed by atoms with Gasteiger partial charge in [-0.3, -0.25) is 4.90 Å². The predicted octanol–water partition coefficient (Wildman–Crippen LogP) is 3.81. The number of rotatable bonds is 4. The summed E-state index contributed by atoms with van der Waals surface area (Å²) in [5.74, 6) is 0. The van der Waals surface area contributed by atoms with Crippen LogP contribution in [0.2, 0.25) is 0 Å². The van der Waals surface area contributed by atoms with Gasteiger partial charge < -0.3 is 5.73 Å². The summed E-state index contributed by atoms with van der Waals surface area (Å²) < 4.78 is 0. The minimum atomic E-state index is 0.146. The van der Waals surface area contributed by atoms with Crippen LogP contribution in [-0.2, 0) is 13.0 Å². The molecule has 0 saturated carbocycles. The molecule has 3 heteroatoms. The van der Waals surface area contributed by atoms with E-state index < -0.39 is 0 Å². The maximum atomic E-state index is 6.40. The Morgan fingerprint density at radius 1 is 1.24 bits per heavy atom. The fourth-order valence-electron chi connectivity index (χ4n) is 3.21. The Balaban J connectivity index is 1.58. The van der Waals surface area contributed by atoms with Gasteiger partial charge in [0.05, 0.1) is 0 Å². The van der Waals surface area contributed by atoms with Gasteiger partial charge in [0.2, 0.25) is 0 Å². The van der Waals surface area contributed by atoms with Gasteiger partial charge in [-0.15, -0.1) is 11.3 Å². The molecule has 0 aliphatic carbocycles. The summed E-state index contributed by atoms with van der Waals surface area (Å²) in [5, 5.41) is 2.22. The molecule has 0 bridgehead atoms. The smallest absolute Gasteiger partial charge is 0.0307 e. The van der Waals surface area contributed by atoms with Crippen LogP contribution in [0.25, 0.3) is 0 Å². The molecule has 0 saturated heterocycles. The number of nitrogens with zero attached hydrogens (tertiary/aromatic N) is 1. The fourth-order valence-corrected chi connectivity index (χ4v) is 4.10. The molecule has 1 atom stereocenters. The third kappa shape index (κ3) is 3.54. The van der Waals surface area contributed by atoms with E-state index in [0.29, 0.717) is 0 Å². The molecule has 2 nitrogen and oxygen atoms in total. The SMILES string of the molecule is Cc1cc(C)cc(C(N)CCN2CCc3sccc3C2)c1. The number of thiophene rings is 1. The van der Waals surface area contributed by atoms with E-state index in [0.717, 1.165) is 19.5 Å². The number of hydrogen-bond acceptors (Lipinski definition) is 3. The minimum Gasteiger partial charge on any atom is -0.324 e. The Morgan fingerprint density at radius 2 is 2.00 bits per heavy atom. The molecule has 2 N–H and O–H groups in total. The van der Waals surface area contributed by atoms with Crippen molar-refractivity contribution in [3.8, 4) is 0 Å². The third-order valence-electron chi connectivity index (χ3n) is 4.32. The molecule has 0 radical (unpaired) electrons. The summed E-state index contributed by atoms with van der Waals surface area (Å²) in [7, 11) is 0. The molecule has 1 aromatic heterocycles. The van der Waals surface area contributed by atoms with Crippen LogP contribution >= 0.6 is 11.3 Å². The molecule has 3 rings (SSSR count). The molecular formula is C18H24N2S. The monoisotopic (exact) mass is 300 g/mol. The first-order valence-electron chi connectivity index (χ1n) is 7.73. The van der Waals surface area contributed by atoms with Gasteiger partial charge in [0.1, 0.15) is 0 Å². The molecular weight excluding hydrogens is 276 g/mol. The van der Waals surface area contributed by atoms with E-state index in [-0.39, 0.29) is 6.04 Å². The van der Waals surface area contributed by atoms with E-state index in [1.54, 1.807) is 4.88 Å². The van der Waals surface area contributed by atoms with Crippen molar-refractivity contribution >= 4 is 11.3 Å². The lowest BCUT2D eigenvalue weighted by Gasteiger charge is -2.28. The highest BCUT2D eigenvalue weighted by Crippen LogP contribution is 2.25. The summed E-state index contributed by atoms with van der Waals surface area (Å²) in [4.78, 5) is 4.11. The van der Waals surface area contributed by atoms with Crippen LogP contribution in [0.5, 0.6) is 0 Å². The van der Waals surface area contributed by atoms with Gasteiger partial charge in [0, 0.05) is 30.6 Å². The minimum absolute atomic E-state index is 0.146. The molecule has 0 amide bonds. The summed E-state index contributed by atoms with van der Waals surface area (Å²) in [6.45, 7) is 7.65. The highest BCUT2D eigenvalue weighted by atomic mass is 32.1. The number of benzene rings is 1. The Morgan fingerprint density at radius 3 is 2.76 bits per heavy atom. The summed E-state index contributed by atoms with van der Waals surface area (Å²) in [5.41, 5.74) is 11.8. The van der Waals surface area contributed by atoms with Crippen molar-refractivity contribution in [3.63, 3.8) is 0 Å². The molecule has 21 heavy (non-hydrogen) atoms. The molecule has 2 heterocycles. The normalized spacial score (nSPS) is 16.7. The Kier molecular flexibility index (Phi) is 4.43. The van der Waals surface area contributed by atoms with Gasteiger partial charge in [-0.25, -0.2) is 0 Å². The lowest BCUT2D eigenvalue weighted by molar-refractivity contribution is 0.246. The van der Waals surface area contributed by atoms with Gasteiger partial charge in [-0.2, -0.15) is 0 Å². The van der Waals surface area contributed by atoms with Crippen molar-refractivity contribution in [1.82, 2.24) is 4.90 Å². The number of nitrogens with two attached hydrogens (primary N) is 1. The first-order valence-corrected chi connectivity index (χ1v) is 8.61. The van der Waals surface area contributed by atoms with Crippen LogP contribution in [-0.4, -0.2) is 18.0 Å². The van der Waals surface area contributed by atoms with Crippen LogP contribution in [0.3, 0.4) is 0 Å². The molecule has 0 fully saturated rings. The standard InChI is InChI=1S/C18H24N2S/c1-13-9-14(2)11-16(10-13)17(19)3-6-20-7-4-18-15(12-20)5-8-21-18/h5,8-11,17H,3-4,6-7,12,19H2,1-2H3. The first kappa shape index (κ1) is 14.8. The maximum Gasteiger partial charge on any atom is 0.0307 e. The third-order valence-corrected chi connectivity index (χ3v) is 5.34. The molecule has 2 aromatic rings. The van der Waals surface area contributed by atoms with Gasteiger partial charge in [0.25, 0.3) is 0 Å². The second-order valence-corrected chi connectivity index (χ2v) is 7.21. The van der Waals surface area contributed by atoms with Crippen molar-refractivity contribution in [2.45, 2.75) is 39.3 Å². The highest BCUT2D eigenvalue weighted by Gasteiger charge is 2.18.